The fourth-order valence-electron chi connectivity index (χ4n) is 1.54. The molecule has 2 rings (SSSR count). The zero-order valence-electron chi connectivity index (χ0n) is 11.8. The van der Waals surface area contributed by atoms with Crippen LogP contribution in [0, 0.1) is 6.92 Å². The first-order valence-corrected chi connectivity index (χ1v) is 8.42. The second-order valence-electron chi connectivity index (χ2n) is 4.04. The average molecular weight is 355 g/mol. The summed E-state index contributed by atoms with van der Waals surface area (Å²) in [6.45, 7) is 3.75. The van der Waals surface area contributed by atoms with E-state index < -0.39 is 5.97 Å². The van der Waals surface area contributed by atoms with Crippen LogP contribution in [-0.4, -0.2) is 28.6 Å². The molecule has 0 atom stereocenters. The van der Waals surface area contributed by atoms with Crippen LogP contribution in [-0.2, 0) is 4.74 Å². The van der Waals surface area contributed by atoms with E-state index in [1.165, 1.54) is 11.3 Å². The minimum absolute atomic E-state index is 0.127. The lowest BCUT2D eigenvalue weighted by atomic mass is 10.4. The first-order chi connectivity index (χ1) is 10.5. The van der Waals surface area contributed by atoms with Gasteiger partial charge in [-0.2, -0.15) is 0 Å². The Morgan fingerprint density at radius 2 is 2.23 bits per heavy atom. The minimum atomic E-state index is -0.418. The van der Waals surface area contributed by atoms with Crippen molar-refractivity contribution in [2.45, 2.75) is 13.8 Å². The van der Waals surface area contributed by atoms with Gasteiger partial charge in [0.25, 0.3) is 5.91 Å². The van der Waals surface area contributed by atoms with Gasteiger partial charge < -0.3 is 10.1 Å². The van der Waals surface area contributed by atoms with Gasteiger partial charge in [0, 0.05) is 0 Å². The topological polar surface area (TPSA) is 80.3 Å². The van der Waals surface area contributed by atoms with Crippen LogP contribution in [0.15, 0.2) is 17.5 Å². The Labute approximate surface area is 140 Å². The van der Waals surface area contributed by atoms with Gasteiger partial charge in [-0.1, -0.05) is 17.4 Å². The van der Waals surface area contributed by atoms with Crippen molar-refractivity contribution in [2.75, 3.05) is 11.9 Å². The Hall–Kier alpha value is -1.84. The zero-order chi connectivity index (χ0) is 16.1. The second kappa shape index (κ2) is 7.43. The number of thiophene rings is 1. The molecule has 116 valence electrons. The van der Waals surface area contributed by atoms with Crippen LogP contribution in [0.4, 0.5) is 5.13 Å². The maximum absolute atomic E-state index is 11.9. The number of aryl methyl sites for hydroxylation is 1. The predicted molar refractivity (Wildman–Crippen MR) is 90.8 cm³/mol. The van der Waals surface area contributed by atoms with E-state index >= 15 is 0 Å². The lowest BCUT2D eigenvalue weighted by Gasteiger charge is -2.05. The Bertz CT molecular complexity index is 695. The van der Waals surface area contributed by atoms with Crippen molar-refractivity contribution in [2.24, 2.45) is 0 Å². The van der Waals surface area contributed by atoms with E-state index in [4.69, 9.17) is 17.0 Å². The molecule has 2 aromatic rings. The third-order valence-electron chi connectivity index (χ3n) is 2.45. The molecule has 22 heavy (non-hydrogen) atoms. The van der Waals surface area contributed by atoms with Gasteiger partial charge in [-0.05, 0) is 37.5 Å². The van der Waals surface area contributed by atoms with Gasteiger partial charge in [-0.3, -0.25) is 10.1 Å². The second-order valence-corrected chi connectivity index (χ2v) is 6.39. The Kier molecular flexibility index (Phi) is 5.58. The number of amides is 1. The molecule has 6 nitrogen and oxygen atoms in total. The molecule has 9 heteroatoms. The molecule has 0 bridgehead atoms. The molecule has 0 unspecified atom stereocenters. The van der Waals surface area contributed by atoms with Crippen LogP contribution >= 0.6 is 34.9 Å². The Morgan fingerprint density at radius 3 is 2.86 bits per heavy atom. The number of rotatable bonds is 4. The summed E-state index contributed by atoms with van der Waals surface area (Å²) in [5, 5.41) is 7.71. The number of hydrogen-bond acceptors (Lipinski definition) is 7. The SMILES string of the molecule is CCOC(=O)c1sc(NC(=S)NC(=O)c2cccs2)nc1C. The van der Waals surface area contributed by atoms with Gasteiger partial charge in [0.1, 0.15) is 4.88 Å². The number of aromatic nitrogens is 1. The summed E-state index contributed by atoms with van der Waals surface area (Å²) in [6.07, 6.45) is 0. The third kappa shape index (κ3) is 4.09. The highest BCUT2D eigenvalue weighted by Gasteiger charge is 2.17. The third-order valence-corrected chi connectivity index (χ3v) is 4.58. The average Bonchev–Trinajstić information content (AvgIpc) is 3.08. The summed E-state index contributed by atoms with van der Waals surface area (Å²) in [6, 6.07) is 3.49. The van der Waals surface area contributed by atoms with E-state index in [2.05, 4.69) is 15.6 Å². The number of thiocarbonyl (C=S) groups is 1. The number of thiazole rings is 1. The van der Waals surface area contributed by atoms with Crippen LogP contribution in [0.1, 0.15) is 32.0 Å². The summed E-state index contributed by atoms with van der Waals surface area (Å²) >= 11 is 7.52. The van der Waals surface area contributed by atoms with Crippen LogP contribution in [0.3, 0.4) is 0 Å². The smallest absolute Gasteiger partial charge is 0.350 e. The van der Waals surface area contributed by atoms with E-state index in [0.29, 0.717) is 27.2 Å². The fraction of sp³-hybridized carbons (Fsp3) is 0.231. The molecule has 0 aliphatic rings. The van der Waals surface area contributed by atoms with E-state index in [0.717, 1.165) is 11.3 Å². The Balaban J connectivity index is 1.99. The summed E-state index contributed by atoms with van der Waals surface area (Å²) in [4.78, 5) is 28.7. The largest absolute Gasteiger partial charge is 0.462 e. The van der Waals surface area contributed by atoms with Crippen LogP contribution in [0.2, 0.25) is 0 Å². The first-order valence-electron chi connectivity index (χ1n) is 6.31. The van der Waals surface area contributed by atoms with E-state index in [-0.39, 0.29) is 11.0 Å². The number of ether oxygens (including phenoxy) is 1. The van der Waals surface area contributed by atoms with Gasteiger partial charge in [-0.15, -0.1) is 11.3 Å². The summed E-state index contributed by atoms with van der Waals surface area (Å²) in [5.74, 6) is -0.703. The standard InChI is InChI=1S/C13H13N3O3S3/c1-3-19-11(18)9-7(2)14-13(22-9)16-12(20)15-10(17)8-5-4-6-21-8/h4-6H,3H2,1-2H3,(H2,14,15,16,17,20). The molecule has 1 amide bonds. The van der Waals surface area contributed by atoms with Crippen molar-refractivity contribution in [3.05, 3.63) is 33.0 Å². The fourth-order valence-corrected chi connectivity index (χ4v) is 3.27. The summed E-state index contributed by atoms with van der Waals surface area (Å²) in [7, 11) is 0. The maximum Gasteiger partial charge on any atom is 0.350 e. The Morgan fingerprint density at radius 1 is 1.45 bits per heavy atom. The number of esters is 1. The van der Waals surface area contributed by atoms with Crippen molar-refractivity contribution in [3.63, 3.8) is 0 Å². The highest BCUT2D eigenvalue weighted by molar-refractivity contribution is 7.80. The number of anilines is 1. The van der Waals surface area contributed by atoms with Crippen LogP contribution in [0.25, 0.3) is 0 Å². The monoisotopic (exact) mass is 355 g/mol. The zero-order valence-corrected chi connectivity index (χ0v) is 14.3. The lowest BCUT2D eigenvalue weighted by molar-refractivity contribution is 0.0531. The molecule has 2 heterocycles. The van der Waals surface area contributed by atoms with E-state index in [9.17, 15) is 9.59 Å². The number of carbonyl (C=O) groups excluding carboxylic acids is 2. The molecule has 0 saturated heterocycles. The molecule has 0 fully saturated rings. The highest BCUT2D eigenvalue weighted by atomic mass is 32.1. The van der Waals surface area contributed by atoms with Gasteiger partial charge in [0.15, 0.2) is 10.2 Å². The van der Waals surface area contributed by atoms with Crippen LogP contribution in [0.5, 0.6) is 0 Å². The maximum atomic E-state index is 11.9. The van der Waals surface area contributed by atoms with Crippen molar-refractivity contribution in [1.29, 1.82) is 0 Å². The molecule has 2 aromatic heterocycles. The van der Waals surface area contributed by atoms with Crippen molar-refractivity contribution >= 4 is 57.0 Å². The van der Waals surface area contributed by atoms with Gasteiger partial charge in [-0.25, -0.2) is 9.78 Å². The molecule has 0 aromatic carbocycles. The highest BCUT2D eigenvalue weighted by Crippen LogP contribution is 2.23. The van der Waals surface area contributed by atoms with Gasteiger partial charge in [0.2, 0.25) is 0 Å². The van der Waals surface area contributed by atoms with Crippen molar-refractivity contribution in [3.8, 4) is 0 Å². The van der Waals surface area contributed by atoms with Crippen LogP contribution < -0.4 is 10.6 Å². The minimum Gasteiger partial charge on any atom is -0.462 e. The van der Waals surface area contributed by atoms with Gasteiger partial charge in [0.05, 0.1) is 17.2 Å². The number of nitrogens with one attached hydrogen (secondary N) is 2. The van der Waals surface area contributed by atoms with Crippen molar-refractivity contribution in [1.82, 2.24) is 10.3 Å². The number of carbonyl (C=O) groups is 2. The molecule has 2 N–H and O–H groups in total. The van der Waals surface area contributed by atoms with Gasteiger partial charge >= 0.3 is 5.97 Å². The first kappa shape index (κ1) is 16.5. The quantitative estimate of drug-likeness (QED) is 0.648. The molecule has 0 radical (unpaired) electrons. The predicted octanol–water partition coefficient (Wildman–Crippen LogP) is 2.82. The molecule has 0 aliphatic carbocycles. The number of hydrogen-bond donors (Lipinski definition) is 2. The molecular weight excluding hydrogens is 342 g/mol. The normalized spacial score (nSPS) is 10.1. The van der Waals surface area contributed by atoms with E-state index in [1.807, 2.05) is 0 Å². The number of nitrogens with zero attached hydrogens (tertiary/aromatic N) is 1. The van der Waals surface area contributed by atoms with E-state index in [1.54, 1.807) is 31.4 Å². The summed E-state index contributed by atoms with van der Waals surface area (Å²) in [5.41, 5.74) is 0.554. The molecule has 0 aliphatic heterocycles. The molecular formula is C13H13N3O3S3. The summed E-state index contributed by atoms with van der Waals surface area (Å²) < 4.78 is 4.94. The van der Waals surface area contributed by atoms with Crippen molar-refractivity contribution < 1.29 is 14.3 Å². The molecule has 0 spiro atoms. The lowest BCUT2D eigenvalue weighted by Crippen LogP contribution is -2.33. The molecule has 0 saturated carbocycles.